The Morgan fingerprint density at radius 3 is 1.71 bits per heavy atom. The molecular formula is C24H30N2O8. The Kier molecular flexibility index (Phi) is 6.47. The summed E-state index contributed by atoms with van der Waals surface area (Å²) in [6.45, 7) is 10.2. The lowest BCUT2D eigenvalue weighted by Crippen LogP contribution is -2.54. The standard InChI is InChI=1S/C24H30N2O8/c1-22(2,3)32-19(29)24(11-13-25(14-12-24)21(31)33-23(4,5)6)20(30)34-26-17(27)15-9-7-8-10-16(15)18(26)28/h7-10H,11-14H2,1-6H3. The fraction of sp³-hybridized carbons (Fsp3) is 0.542. The summed E-state index contributed by atoms with van der Waals surface area (Å²) in [5, 5.41) is 0.374. The molecular weight excluding hydrogens is 444 g/mol. The third-order valence-electron chi connectivity index (χ3n) is 5.38. The first-order valence-corrected chi connectivity index (χ1v) is 11.1. The zero-order valence-electron chi connectivity index (χ0n) is 20.3. The second kappa shape index (κ2) is 8.73. The summed E-state index contributed by atoms with van der Waals surface area (Å²) < 4.78 is 10.9. The van der Waals surface area contributed by atoms with Gasteiger partial charge in [-0.3, -0.25) is 14.4 Å². The number of amides is 3. The number of rotatable bonds is 3. The van der Waals surface area contributed by atoms with Crippen LogP contribution in [0.4, 0.5) is 4.79 Å². The second-order valence-electron chi connectivity index (χ2n) is 10.4. The van der Waals surface area contributed by atoms with Crippen LogP contribution in [0.3, 0.4) is 0 Å². The molecule has 0 unspecified atom stereocenters. The summed E-state index contributed by atoms with van der Waals surface area (Å²) in [5.74, 6) is -3.51. The highest BCUT2D eigenvalue weighted by Crippen LogP contribution is 2.37. The molecule has 2 aliphatic heterocycles. The van der Waals surface area contributed by atoms with E-state index in [1.54, 1.807) is 53.7 Å². The van der Waals surface area contributed by atoms with Gasteiger partial charge in [-0.25, -0.2) is 9.59 Å². The van der Waals surface area contributed by atoms with Gasteiger partial charge >= 0.3 is 18.0 Å². The van der Waals surface area contributed by atoms with Gasteiger partial charge in [0.25, 0.3) is 11.8 Å². The Bertz CT molecular complexity index is 991. The molecule has 1 aromatic carbocycles. The number of likely N-dealkylation sites (tertiary alicyclic amines) is 1. The maximum atomic E-state index is 13.3. The lowest BCUT2D eigenvalue weighted by Gasteiger charge is -2.39. The predicted octanol–water partition coefficient (Wildman–Crippen LogP) is 3.10. The molecule has 0 spiro atoms. The van der Waals surface area contributed by atoms with Crippen molar-refractivity contribution in [2.75, 3.05) is 13.1 Å². The molecule has 0 aromatic heterocycles. The number of imide groups is 1. The maximum absolute atomic E-state index is 13.3. The highest BCUT2D eigenvalue weighted by Gasteiger charge is 2.54. The van der Waals surface area contributed by atoms with E-state index < -0.39 is 46.5 Å². The van der Waals surface area contributed by atoms with Crippen molar-refractivity contribution in [1.82, 2.24) is 9.96 Å². The number of fused-ring (bicyclic) bond motifs is 1. The molecule has 0 bridgehead atoms. The summed E-state index contributed by atoms with van der Waals surface area (Å²) in [6, 6.07) is 6.08. The van der Waals surface area contributed by atoms with Crippen molar-refractivity contribution >= 4 is 29.8 Å². The lowest BCUT2D eigenvalue weighted by atomic mass is 9.78. The predicted molar refractivity (Wildman–Crippen MR) is 118 cm³/mol. The maximum Gasteiger partial charge on any atom is 0.410 e. The van der Waals surface area contributed by atoms with E-state index in [2.05, 4.69) is 0 Å². The van der Waals surface area contributed by atoms with Crippen molar-refractivity contribution < 1.29 is 38.3 Å². The molecule has 2 aliphatic rings. The molecule has 1 fully saturated rings. The fourth-order valence-electron chi connectivity index (χ4n) is 3.69. The Labute approximate surface area is 198 Å². The molecule has 3 rings (SSSR count). The molecule has 0 radical (unpaired) electrons. The van der Waals surface area contributed by atoms with Crippen molar-refractivity contribution in [1.29, 1.82) is 0 Å². The van der Waals surface area contributed by atoms with Crippen molar-refractivity contribution in [2.24, 2.45) is 5.41 Å². The zero-order chi connectivity index (χ0) is 25.5. The van der Waals surface area contributed by atoms with Crippen LogP contribution < -0.4 is 0 Å². The van der Waals surface area contributed by atoms with Crippen molar-refractivity contribution in [2.45, 2.75) is 65.6 Å². The number of hydrogen-bond acceptors (Lipinski definition) is 8. The average Bonchev–Trinajstić information content (AvgIpc) is 2.96. The number of nitrogens with zero attached hydrogens (tertiary/aromatic N) is 2. The molecule has 0 N–H and O–H groups in total. The van der Waals surface area contributed by atoms with Gasteiger partial charge in [0.2, 0.25) is 0 Å². The number of piperidine rings is 1. The topological polar surface area (TPSA) is 120 Å². The molecule has 10 nitrogen and oxygen atoms in total. The van der Waals surface area contributed by atoms with E-state index in [-0.39, 0.29) is 37.1 Å². The SMILES string of the molecule is CC(C)(C)OC(=O)N1CCC(C(=O)ON2C(=O)c3ccccc3C2=O)(C(=O)OC(C)(C)C)CC1. The minimum Gasteiger partial charge on any atom is -0.459 e. The average molecular weight is 475 g/mol. The number of ether oxygens (including phenoxy) is 2. The summed E-state index contributed by atoms with van der Waals surface area (Å²) in [7, 11) is 0. The second-order valence-corrected chi connectivity index (χ2v) is 10.4. The van der Waals surface area contributed by atoms with Gasteiger partial charge in [-0.1, -0.05) is 17.2 Å². The van der Waals surface area contributed by atoms with Gasteiger partial charge < -0.3 is 19.2 Å². The fourth-order valence-corrected chi connectivity index (χ4v) is 3.69. The van der Waals surface area contributed by atoms with Gasteiger partial charge in [-0.2, -0.15) is 0 Å². The minimum absolute atomic E-state index is 0.0192. The van der Waals surface area contributed by atoms with Gasteiger partial charge in [-0.05, 0) is 66.5 Å². The summed E-state index contributed by atoms with van der Waals surface area (Å²) >= 11 is 0. The van der Waals surface area contributed by atoms with Gasteiger partial charge in [0, 0.05) is 13.1 Å². The Morgan fingerprint density at radius 1 is 0.794 bits per heavy atom. The van der Waals surface area contributed by atoms with Crippen LogP contribution in [0, 0.1) is 5.41 Å². The largest absolute Gasteiger partial charge is 0.459 e. The third-order valence-corrected chi connectivity index (χ3v) is 5.38. The Morgan fingerprint density at radius 2 is 1.26 bits per heavy atom. The van der Waals surface area contributed by atoms with Gasteiger partial charge in [-0.15, -0.1) is 0 Å². The molecule has 0 aliphatic carbocycles. The first kappa shape index (κ1) is 25.2. The number of benzene rings is 1. The summed E-state index contributed by atoms with van der Waals surface area (Å²) in [6.07, 6.45) is -0.814. The van der Waals surface area contributed by atoms with Gasteiger partial charge in [0.1, 0.15) is 11.2 Å². The van der Waals surface area contributed by atoms with Crippen LogP contribution in [-0.2, 0) is 23.9 Å². The van der Waals surface area contributed by atoms with E-state index in [0.717, 1.165) is 0 Å². The van der Waals surface area contributed by atoms with Crippen LogP contribution in [0.5, 0.6) is 0 Å². The molecule has 1 aromatic rings. The quantitative estimate of drug-likeness (QED) is 0.372. The summed E-state index contributed by atoms with van der Waals surface area (Å²) in [4.78, 5) is 70.9. The number of carbonyl (C=O) groups excluding carboxylic acids is 5. The van der Waals surface area contributed by atoms with Gasteiger partial charge in [0.15, 0.2) is 5.41 Å². The van der Waals surface area contributed by atoms with Crippen LogP contribution in [0.1, 0.15) is 75.1 Å². The van der Waals surface area contributed by atoms with Crippen molar-refractivity contribution in [3.63, 3.8) is 0 Å². The van der Waals surface area contributed by atoms with Gasteiger partial charge in [0.05, 0.1) is 11.1 Å². The molecule has 184 valence electrons. The molecule has 0 saturated carbocycles. The van der Waals surface area contributed by atoms with E-state index in [4.69, 9.17) is 14.3 Å². The number of esters is 1. The minimum atomic E-state index is -1.80. The van der Waals surface area contributed by atoms with Crippen molar-refractivity contribution in [3.05, 3.63) is 35.4 Å². The molecule has 1 saturated heterocycles. The van der Waals surface area contributed by atoms with E-state index in [1.165, 1.54) is 17.0 Å². The summed E-state index contributed by atoms with van der Waals surface area (Å²) in [5.41, 5.74) is -3.21. The number of carbonyl (C=O) groups is 5. The molecule has 0 atom stereocenters. The Balaban J connectivity index is 1.82. The van der Waals surface area contributed by atoms with E-state index in [9.17, 15) is 24.0 Å². The normalized spacial score (nSPS) is 17.8. The number of hydroxylamine groups is 2. The lowest BCUT2D eigenvalue weighted by molar-refractivity contribution is -0.197. The highest BCUT2D eigenvalue weighted by molar-refractivity contribution is 6.21. The van der Waals surface area contributed by atoms with E-state index in [0.29, 0.717) is 5.06 Å². The monoisotopic (exact) mass is 474 g/mol. The molecule has 2 heterocycles. The molecule has 10 heteroatoms. The van der Waals surface area contributed by atoms with Crippen LogP contribution in [0.15, 0.2) is 24.3 Å². The smallest absolute Gasteiger partial charge is 0.410 e. The molecule has 3 amide bonds. The molecule has 34 heavy (non-hydrogen) atoms. The Hall–Kier alpha value is -3.43. The number of hydrogen-bond donors (Lipinski definition) is 0. The van der Waals surface area contributed by atoms with Crippen LogP contribution in [-0.4, -0.2) is 64.1 Å². The van der Waals surface area contributed by atoms with Crippen LogP contribution in [0.25, 0.3) is 0 Å². The zero-order valence-corrected chi connectivity index (χ0v) is 20.3. The van der Waals surface area contributed by atoms with E-state index in [1.807, 2.05) is 0 Å². The first-order chi connectivity index (χ1) is 15.6. The van der Waals surface area contributed by atoms with Crippen LogP contribution in [0.2, 0.25) is 0 Å². The van der Waals surface area contributed by atoms with Crippen molar-refractivity contribution in [3.8, 4) is 0 Å². The van der Waals surface area contributed by atoms with Crippen LogP contribution >= 0.6 is 0 Å². The highest BCUT2D eigenvalue weighted by atomic mass is 16.7. The first-order valence-electron chi connectivity index (χ1n) is 11.1. The third kappa shape index (κ3) is 5.05. The van der Waals surface area contributed by atoms with E-state index >= 15 is 0 Å².